The van der Waals surface area contributed by atoms with E-state index in [4.69, 9.17) is 5.26 Å². The lowest BCUT2D eigenvalue weighted by molar-refractivity contribution is 0.248. The van der Waals surface area contributed by atoms with E-state index in [0.717, 1.165) is 0 Å². The van der Waals surface area contributed by atoms with Crippen molar-refractivity contribution in [3.05, 3.63) is 60.2 Å². The number of para-hydroxylation sites is 1. The summed E-state index contributed by atoms with van der Waals surface area (Å²) < 4.78 is 0. The molecular weight excluding hydrogens is 314 g/mol. The molecule has 2 aromatic carbocycles. The zero-order valence-electron chi connectivity index (χ0n) is 14.3. The number of nitriles is 1. The van der Waals surface area contributed by atoms with Gasteiger partial charge in [-0.3, -0.25) is 0 Å². The fourth-order valence-corrected chi connectivity index (χ4v) is 2.27. The quantitative estimate of drug-likeness (QED) is 0.837. The minimum absolute atomic E-state index is 0.335. The standard InChI is InChI=1S/C19H18N5O/c1-19(2,3)17-21-23(15-7-5-4-6-8-15)18(25)24(22-17)16-11-9-14(13-20)10-12-16/h4-12H,1-3H3. The summed E-state index contributed by atoms with van der Waals surface area (Å²) in [4.78, 5) is 12.9. The van der Waals surface area contributed by atoms with E-state index >= 15 is 0 Å². The van der Waals surface area contributed by atoms with Crippen LogP contribution in [0.2, 0.25) is 0 Å². The first-order valence-electron chi connectivity index (χ1n) is 7.90. The van der Waals surface area contributed by atoms with Gasteiger partial charge in [0.15, 0.2) is 5.84 Å². The molecule has 1 heterocycles. The summed E-state index contributed by atoms with van der Waals surface area (Å²) in [5, 5.41) is 16.1. The van der Waals surface area contributed by atoms with E-state index in [-0.39, 0.29) is 11.4 Å². The fraction of sp³-hybridized carbons (Fsp3) is 0.211. The van der Waals surface area contributed by atoms with Crippen molar-refractivity contribution in [3.63, 3.8) is 0 Å². The number of amides is 2. The molecule has 0 aromatic heterocycles. The number of urea groups is 1. The summed E-state index contributed by atoms with van der Waals surface area (Å²) in [6, 6.07) is 17.7. The number of hydrogen-bond donors (Lipinski definition) is 0. The lowest BCUT2D eigenvalue weighted by Gasteiger charge is -2.35. The second-order valence-corrected chi connectivity index (χ2v) is 6.67. The third-order valence-electron chi connectivity index (χ3n) is 3.66. The van der Waals surface area contributed by atoms with E-state index in [9.17, 15) is 4.79 Å². The number of benzene rings is 2. The Morgan fingerprint density at radius 2 is 1.52 bits per heavy atom. The van der Waals surface area contributed by atoms with Crippen LogP contribution in [0.3, 0.4) is 0 Å². The molecule has 125 valence electrons. The van der Waals surface area contributed by atoms with E-state index in [1.54, 1.807) is 24.3 Å². The molecule has 0 spiro atoms. The lowest BCUT2D eigenvalue weighted by atomic mass is 9.95. The van der Waals surface area contributed by atoms with Gasteiger partial charge in [-0.1, -0.05) is 39.0 Å². The lowest BCUT2D eigenvalue weighted by Crippen LogP contribution is -2.55. The molecular formula is C19H18N5O. The SMILES string of the molecule is CC(C)(C)C1=NN(c2ccccc2)C(=O)N(c2ccc(C#N)cc2)[N]1. The number of amidine groups is 1. The Morgan fingerprint density at radius 3 is 2.08 bits per heavy atom. The van der Waals surface area contributed by atoms with Crippen molar-refractivity contribution in [1.29, 1.82) is 5.26 Å². The summed E-state index contributed by atoms with van der Waals surface area (Å²) in [7, 11) is 0. The van der Waals surface area contributed by atoms with Crippen LogP contribution in [0.5, 0.6) is 0 Å². The van der Waals surface area contributed by atoms with Gasteiger partial charge in [-0.2, -0.15) is 15.3 Å². The van der Waals surface area contributed by atoms with Crippen LogP contribution in [0, 0.1) is 16.7 Å². The van der Waals surface area contributed by atoms with Gasteiger partial charge in [-0.15, -0.1) is 10.5 Å². The van der Waals surface area contributed by atoms with Gasteiger partial charge < -0.3 is 0 Å². The first kappa shape index (κ1) is 16.5. The van der Waals surface area contributed by atoms with Crippen molar-refractivity contribution in [2.24, 2.45) is 10.5 Å². The summed E-state index contributed by atoms with van der Waals surface area (Å²) in [6.07, 6.45) is 0. The largest absolute Gasteiger partial charge is 0.370 e. The summed E-state index contributed by atoms with van der Waals surface area (Å²) in [5.74, 6) is 0.542. The average Bonchev–Trinajstić information content (AvgIpc) is 2.62. The monoisotopic (exact) mass is 332 g/mol. The van der Waals surface area contributed by atoms with E-state index < -0.39 is 0 Å². The van der Waals surface area contributed by atoms with Crippen molar-refractivity contribution in [1.82, 2.24) is 5.43 Å². The maximum absolute atomic E-state index is 12.9. The van der Waals surface area contributed by atoms with Gasteiger partial charge in [0, 0.05) is 5.41 Å². The number of rotatable bonds is 2. The average molecular weight is 332 g/mol. The van der Waals surface area contributed by atoms with Crippen LogP contribution in [0.25, 0.3) is 0 Å². The topological polar surface area (TPSA) is 73.8 Å². The van der Waals surface area contributed by atoms with Gasteiger partial charge in [-0.05, 0) is 36.4 Å². The van der Waals surface area contributed by atoms with Crippen LogP contribution in [-0.4, -0.2) is 11.9 Å². The molecule has 0 saturated carbocycles. The van der Waals surface area contributed by atoms with Crippen molar-refractivity contribution in [2.45, 2.75) is 20.8 Å². The third-order valence-corrected chi connectivity index (χ3v) is 3.66. The first-order valence-corrected chi connectivity index (χ1v) is 7.90. The maximum Gasteiger partial charge on any atom is 0.370 e. The third kappa shape index (κ3) is 3.31. The highest BCUT2D eigenvalue weighted by atomic mass is 16.2. The van der Waals surface area contributed by atoms with Gasteiger partial charge in [-0.25, -0.2) is 4.79 Å². The molecule has 0 atom stereocenters. The minimum atomic E-state index is -0.371. The van der Waals surface area contributed by atoms with Gasteiger partial charge in [0.05, 0.1) is 23.0 Å². The van der Waals surface area contributed by atoms with Crippen LogP contribution < -0.4 is 15.4 Å². The summed E-state index contributed by atoms with van der Waals surface area (Å²) in [6.45, 7) is 5.97. The number of carbonyl (C=O) groups is 1. The number of nitrogens with zero attached hydrogens (tertiary/aromatic N) is 5. The molecule has 1 radical (unpaired) electrons. The summed E-state index contributed by atoms with van der Waals surface area (Å²) >= 11 is 0. The molecule has 2 amide bonds. The minimum Gasteiger partial charge on any atom is -0.244 e. The van der Waals surface area contributed by atoms with Crippen molar-refractivity contribution < 1.29 is 4.79 Å². The van der Waals surface area contributed by atoms with Crippen molar-refractivity contribution >= 4 is 23.2 Å². The molecule has 3 rings (SSSR count). The van der Waals surface area contributed by atoms with E-state index in [0.29, 0.717) is 22.8 Å². The normalized spacial score (nSPS) is 14.6. The Bertz CT molecular complexity index is 844. The predicted octanol–water partition coefficient (Wildman–Crippen LogP) is 3.88. The van der Waals surface area contributed by atoms with Gasteiger partial charge in [0.1, 0.15) is 0 Å². The highest BCUT2D eigenvalue weighted by Gasteiger charge is 2.36. The molecule has 0 aliphatic carbocycles. The zero-order valence-corrected chi connectivity index (χ0v) is 14.3. The van der Waals surface area contributed by atoms with Crippen LogP contribution in [0.15, 0.2) is 59.7 Å². The predicted molar refractivity (Wildman–Crippen MR) is 97.0 cm³/mol. The highest BCUT2D eigenvalue weighted by Crippen LogP contribution is 2.27. The maximum atomic E-state index is 12.9. The summed E-state index contributed by atoms with van der Waals surface area (Å²) in [5.41, 5.74) is 5.89. The molecule has 0 bridgehead atoms. The molecule has 2 aromatic rings. The second kappa shape index (κ2) is 6.29. The van der Waals surface area contributed by atoms with Crippen LogP contribution in [-0.2, 0) is 0 Å². The van der Waals surface area contributed by atoms with E-state index in [1.165, 1.54) is 10.0 Å². The van der Waals surface area contributed by atoms with Gasteiger partial charge in [0.25, 0.3) is 0 Å². The molecule has 0 unspecified atom stereocenters. The van der Waals surface area contributed by atoms with E-state index in [1.807, 2.05) is 51.1 Å². The van der Waals surface area contributed by atoms with Crippen LogP contribution in [0.4, 0.5) is 16.2 Å². The number of hydrazone groups is 1. The first-order chi connectivity index (χ1) is 11.9. The Kier molecular flexibility index (Phi) is 4.15. The van der Waals surface area contributed by atoms with Crippen LogP contribution in [0.1, 0.15) is 26.3 Å². The van der Waals surface area contributed by atoms with Gasteiger partial charge >= 0.3 is 6.03 Å². The number of carbonyl (C=O) groups excluding carboxylic acids is 1. The Labute approximate surface area is 146 Å². The van der Waals surface area contributed by atoms with Gasteiger partial charge in [0.2, 0.25) is 0 Å². The molecule has 0 fully saturated rings. The zero-order chi connectivity index (χ0) is 18.0. The molecule has 1 aliphatic rings. The van der Waals surface area contributed by atoms with Crippen molar-refractivity contribution in [2.75, 3.05) is 10.0 Å². The molecule has 1 aliphatic heterocycles. The van der Waals surface area contributed by atoms with E-state index in [2.05, 4.69) is 16.6 Å². The molecule has 6 heteroatoms. The smallest absolute Gasteiger partial charge is 0.244 e. The fourth-order valence-electron chi connectivity index (χ4n) is 2.27. The Hall–Kier alpha value is -3.33. The molecule has 6 nitrogen and oxygen atoms in total. The molecule has 25 heavy (non-hydrogen) atoms. The molecule has 0 saturated heterocycles. The number of anilines is 2. The Morgan fingerprint density at radius 1 is 0.920 bits per heavy atom. The van der Waals surface area contributed by atoms with Crippen molar-refractivity contribution in [3.8, 4) is 6.07 Å². The molecule has 0 N–H and O–H groups in total. The Balaban J connectivity index is 2.04. The highest BCUT2D eigenvalue weighted by molar-refractivity contribution is 6.09. The van der Waals surface area contributed by atoms with Crippen LogP contribution >= 0.6 is 0 Å². The number of hydrogen-bond acceptors (Lipinski definition) is 3. The second-order valence-electron chi connectivity index (χ2n) is 6.67.